The van der Waals surface area contributed by atoms with Crippen molar-refractivity contribution in [1.82, 2.24) is 0 Å². The summed E-state index contributed by atoms with van der Waals surface area (Å²) in [4.78, 5) is 11.0. The van der Waals surface area contributed by atoms with Gasteiger partial charge >= 0.3 is 5.97 Å². The molecule has 0 aliphatic carbocycles. The van der Waals surface area contributed by atoms with E-state index >= 15 is 0 Å². The van der Waals surface area contributed by atoms with Gasteiger partial charge in [-0.1, -0.05) is 0 Å². The summed E-state index contributed by atoms with van der Waals surface area (Å²) >= 11 is 0. The van der Waals surface area contributed by atoms with Crippen LogP contribution in [0.4, 0.5) is 0 Å². The van der Waals surface area contributed by atoms with Crippen LogP contribution in [0.1, 0.15) is 0 Å². The average molecular weight is 355 g/mol. The van der Waals surface area contributed by atoms with E-state index in [1.807, 2.05) is 0 Å². The smallest absolute Gasteiger partial charge is 0.335 e. The highest BCUT2D eigenvalue weighted by atomic mass is 16.7. The first-order chi connectivity index (χ1) is 11.2. The molecule has 5 unspecified atom stereocenters. The van der Waals surface area contributed by atoms with Crippen LogP contribution in [-0.2, 0) is 19.0 Å². The zero-order chi connectivity index (χ0) is 18.2. The van der Waals surface area contributed by atoms with Crippen LogP contribution < -0.4 is 5.73 Å². The normalized spacial score (nSPS) is 49.8. The van der Waals surface area contributed by atoms with Gasteiger partial charge in [0.15, 0.2) is 18.7 Å². The van der Waals surface area contributed by atoms with Gasteiger partial charge in [-0.25, -0.2) is 4.79 Å². The maximum absolute atomic E-state index is 11.0. The van der Waals surface area contributed by atoms with E-state index in [0.29, 0.717) is 0 Å². The van der Waals surface area contributed by atoms with Gasteiger partial charge in [0.2, 0.25) is 0 Å². The van der Waals surface area contributed by atoms with E-state index in [2.05, 4.69) is 0 Å². The lowest BCUT2D eigenvalue weighted by molar-refractivity contribution is -0.339. The van der Waals surface area contributed by atoms with E-state index in [1.54, 1.807) is 0 Å². The van der Waals surface area contributed by atoms with Crippen molar-refractivity contribution >= 4 is 5.97 Å². The zero-order valence-electron chi connectivity index (χ0n) is 12.3. The minimum Gasteiger partial charge on any atom is -0.479 e. The molecule has 2 heterocycles. The number of hydrogen-bond acceptors (Lipinski definition) is 11. The maximum Gasteiger partial charge on any atom is 0.335 e. The first-order valence-electron chi connectivity index (χ1n) is 7.15. The van der Waals surface area contributed by atoms with Gasteiger partial charge in [-0.05, 0) is 0 Å². The summed E-state index contributed by atoms with van der Waals surface area (Å²) in [6, 6.07) is -1.30. The Morgan fingerprint density at radius 3 is 2.17 bits per heavy atom. The van der Waals surface area contributed by atoms with Gasteiger partial charge in [0, 0.05) is 0 Å². The van der Waals surface area contributed by atoms with E-state index < -0.39 is 73.9 Å². The number of carbonyl (C=O) groups is 1. The highest BCUT2D eigenvalue weighted by Crippen LogP contribution is 2.28. The Hall–Kier alpha value is -0.930. The van der Waals surface area contributed by atoms with E-state index in [-0.39, 0.29) is 0 Å². The molecular formula is C12H21NO11. The third kappa shape index (κ3) is 3.52. The topological polar surface area (TPSA) is 212 Å². The quantitative estimate of drug-likeness (QED) is 0.237. The van der Waals surface area contributed by atoms with E-state index in [9.17, 15) is 35.4 Å². The van der Waals surface area contributed by atoms with Gasteiger partial charge in [-0.2, -0.15) is 0 Å². The summed E-state index contributed by atoms with van der Waals surface area (Å²) < 4.78 is 15.1. The number of aliphatic hydroxyl groups is 6. The SMILES string of the molecule is NC1C(O)[C@H](O[C@@H]2OC(C(=O)O)[C@H](O)[C@H](O)C2O)C(CO)O[C@@H]1O. The Balaban J connectivity index is 2.16. The molecule has 10 atom stereocenters. The Kier molecular flexibility index (Phi) is 6.09. The molecule has 0 bridgehead atoms. The van der Waals surface area contributed by atoms with Crippen LogP contribution >= 0.6 is 0 Å². The standard InChI is InChI=1S/C12H21NO11/c13-3-4(15)8(2(1-14)22-11(3)21)23-12-7(18)5(16)6(17)9(24-12)10(19)20/h2-9,11-12,14-18,21H,1,13H2,(H,19,20)/t2?,3?,4?,5-,6+,7?,8+,9?,11-,12+/m0/s1. The molecule has 24 heavy (non-hydrogen) atoms. The molecule has 2 aliphatic heterocycles. The van der Waals surface area contributed by atoms with Gasteiger partial charge in [0.25, 0.3) is 0 Å². The number of hydrogen-bond donors (Lipinski definition) is 8. The lowest BCUT2D eigenvalue weighted by atomic mass is 9.96. The van der Waals surface area contributed by atoms with Crippen LogP contribution in [0.15, 0.2) is 0 Å². The second-order valence-electron chi connectivity index (χ2n) is 5.65. The van der Waals surface area contributed by atoms with Gasteiger partial charge in [-0.15, -0.1) is 0 Å². The molecule has 0 aromatic rings. The molecule has 0 spiro atoms. The van der Waals surface area contributed by atoms with E-state index in [0.717, 1.165) is 0 Å². The van der Waals surface area contributed by atoms with Crippen LogP contribution in [0.5, 0.6) is 0 Å². The van der Waals surface area contributed by atoms with Gasteiger partial charge in [0.1, 0.15) is 36.6 Å². The van der Waals surface area contributed by atoms with E-state index in [1.165, 1.54) is 0 Å². The van der Waals surface area contributed by atoms with Crippen molar-refractivity contribution in [3.8, 4) is 0 Å². The lowest BCUT2D eigenvalue weighted by Gasteiger charge is -2.45. The second kappa shape index (κ2) is 7.53. The number of ether oxygens (including phenoxy) is 3. The average Bonchev–Trinajstić information content (AvgIpc) is 2.54. The molecule has 12 heteroatoms. The summed E-state index contributed by atoms with van der Waals surface area (Å²) in [5.74, 6) is -1.60. The van der Waals surface area contributed by atoms with Crippen molar-refractivity contribution in [2.75, 3.05) is 6.61 Å². The number of carboxylic acid groups (broad SMARTS) is 1. The summed E-state index contributed by atoms with van der Waals surface area (Å²) in [5, 5.41) is 67.0. The van der Waals surface area contributed by atoms with Crippen molar-refractivity contribution in [2.45, 2.75) is 61.3 Å². The Labute approximate surface area is 135 Å². The first kappa shape index (κ1) is 19.4. The summed E-state index contributed by atoms with van der Waals surface area (Å²) in [5.41, 5.74) is 5.52. The molecular weight excluding hydrogens is 334 g/mol. The third-order valence-corrected chi connectivity index (χ3v) is 4.03. The second-order valence-corrected chi connectivity index (χ2v) is 5.65. The number of rotatable bonds is 4. The summed E-state index contributed by atoms with van der Waals surface area (Å²) in [7, 11) is 0. The van der Waals surface area contributed by atoms with Crippen molar-refractivity contribution in [3.63, 3.8) is 0 Å². The third-order valence-electron chi connectivity index (χ3n) is 4.03. The largest absolute Gasteiger partial charge is 0.479 e. The summed E-state index contributed by atoms with van der Waals surface area (Å²) in [6.07, 6.45) is -15.1. The Morgan fingerprint density at radius 2 is 1.62 bits per heavy atom. The van der Waals surface area contributed by atoms with Gasteiger partial charge < -0.3 is 55.7 Å². The molecule has 2 saturated heterocycles. The van der Waals surface area contributed by atoms with Crippen LogP contribution in [-0.4, -0.2) is 110 Å². The molecule has 2 aliphatic rings. The fraction of sp³-hybridized carbons (Fsp3) is 0.917. The highest BCUT2D eigenvalue weighted by molar-refractivity contribution is 5.73. The highest BCUT2D eigenvalue weighted by Gasteiger charge is 2.51. The summed E-state index contributed by atoms with van der Waals surface area (Å²) in [6.45, 7) is -0.693. The molecule has 12 nitrogen and oxygen atoms in total. The molecule has 0 amide bonds. The Morgan fingerprint density at radius 1 is 1.00 bits per heavy atom. The van der Waals surface area contributed by atoms with Crippen molar-refractivity contribution < 1.29 is 54.8 Å². The van der Waals surface area contributed by atoms with E-state index in [4.69, 9.17) is 25.1 Å². The zero-order valence-corrected chi connectivity index (χ0v) is 12.3. The predicted octanol–water partition coefficient (Wildman–Crippen LogP) is -5.34. The molecule has 140 valence electrons. The Bertz CT molecular complexity index is 449. The maximum atomic E-state index is 11.0. The number of nitrogens with two attached hydrogens (primary N) is 1. The predicted molar refractivity (Wildman–Crippen MR) is 71.1 cm³/mol. The molecule has 0 aromatic heterocycles. The van der Waals surface area contributed by atoms with Crippen molar-refractivity contribution in [2.24, 2.45) is 5.73 Å². The lowest BCUT2D eigenvalue weighted by Crippen LogP contribution is -2.66. The molecule has 2 rings (SSSR count). The van der Waals surface area contributed by atoms with Crippen LogP contribution in [0.3, 0.4) is 0 Å². The first-order valence-corrected chi connectivity index (χ1v) is 7.15. The number of aliphatic carboxylic acids is 1. The monoisotopic (exact) mass is 355 g/mol. The minimum atomic E-state index is -1.90. The molecule has 2 fully saturated rings. The van der Waals surface area contributed by atoms with Crippen molar-refractivity contribution in [1.29, 1.82) is 0 Å². The van der Waals surface area contributed by atoms with Crippen LogP contribution in [0, 0.1) is 0 Å². The van der Waals surface area contributed by atoms with Crippen LogP contribution in [0.25, 0.3) is 0 Å². The minimum absolute atomic E-state index is 0.693. The fourth-order valence-corrected chi connectivity index (χ4v) is 2.59. The molecule has 0 saturated carbocycles. The molecule has 0 radical (unpaired) electrons. The molecule has 9 N–H and O–H groups in total. The van der Waals surface area contributed by atoms with Crippen molar-refractivity contribution in [3.05, 3.63) is 0 Å². The fourth-order valence-electron chi connectivity index (χ4n) is 2.59. The van der Waals surface area contributed by atoms with Crippen LogP contribution in [0.2, 0.25) is 0 Å². The van der Waals surface area contributed by atoms with Gasteiger partial charge in [0.05, 0.1) is 12.6 Å². The van der Waals surface area contributed by atoms with Gasteiger partial charge in [-0.3, -0.25) is 0 Å². The molecule has 0 aromatic carbocycles. The number of aliphatic hydroxyl groups excluding tert-OH is 6. The number of carboxylic acids is 1.